The first-order valence-electron chi connectivity index (χ1n) is 6.05. The highest BCUT2D eigenvalue weighted by atomic mass is 16.4. The highest BCUT2D eigenvalue weighted by molar-refractivity contribution is 6.21. The van der Waals surface area contributed by atoms with Crippen LogP contribution in [-0.4, -0.2) is 46.2 Å². The Morgan fingerprint density at radius 3 is 2.82 bits per heavy atom. The molecule has 3 rings (SSSR count). The van der Waals surface area contributed by atoms with E-state index in [-0.39, 0.29) is 23.0 Å². The molecule has 2 aliphatic rings. The molecule has 0 radical (unpaired) electrons. The van der Waals surface area contributed by atoms with E-state index in [4.69, 9.17) is 10.8 Å². The Labute approximate surface area is 123 Å². The van der Waals surface area contributed by atoms with E-state index in [9.17, 15) is 9.90 Å². The molecule has 0 bridgehead atoms. The van der Waals surface area contributed by atoms with Crippen molar-refractivity contribution in [2.45, 2.75) is 6.04 Å². The minimum absolute atomic E-state index is 0.0685. The van der Waals surface area contributed by atoms with Crippen LogP contribution < -0.4 is 5.73 Å². The normalized spacial score (nSPS) is 19.6. The molecule has 1 atom stereocenters. The number of aliphatic imine (C=N–C) groups is 4. The fourth-order valence-corrected chi connectivity index (χ4v) is 1.80. The van der Waals surface area contributed by atoms with Crippen molar-refractivity contribution < 1.29 is 15.0 Å². The fourth-order valence-electron chi connectivity index (χ4n) is 1.80. The number of fused-ring (bicyclic) bond motifs is 1. The third-order valence-electron chi connectivity index (χ3n) is 2.85. The van der Waals surface area contributed by atoms with Crippen LogP contribution in [0.3, 0.4) is 0 Å². The molecule has 0 amide bonds. The van der Waals surface area contributed by atoms with Gasteiger partial charge in [0.25, 0.3) is 5.96 Å². The Morgan fingerprint density at radius 1 is 1.32 bits per heavy atom. The van der Waals surface area contributed by atoms with Gasteiger partial charge in [-0.3, -0.25) is 0 Å². The van der Waals surface area contributed by atoms with Crippen molar-refractivity contribution in [3.05, 3.63) is 23.8 Å². The first-order chi connectivity index (χ1) is 10.5. The van der Waals surface area contributed by atoms with E-state index in [0.717, 1.165) is 0 Å². The highest BCUT2D eigenvalue weighted by Crippen LogP contribution is 2.24. The van der Waals surface area contributed by atoms with Gasteiger partial charge in [0.15, 0.2) is 11.9 Å². The maximum absolute atomic E-state index is 10.8. The fraction of sp³-hybridized carbons (Fsp3) is 0.0833. The molecule has 1 aromatic rings. The van der Waals surface area contributed by atoms with Gasteiger partial charge in [-0.2, -0.15) is 4.99 Å². The molecule has 0 aliphatic carbocycles. The number of carboxylic acids is 1. The molecule has 0 saturated heterocycles. The van der Waals surface area contributed by atoms with Gasteiger partial charge in [-0.1, -0.05) is 0 Å². The maximum Gasteiger partial charge on any atom is 0.339 e. The second-order valence-electron chi connectivity index (χ2n) is 4.31. The number of phenols is 1. The summed E-state index contributed by atoms with van der Waals surface area (Å²) in [5.41, 5.74) is 5.70. The van der Waals surface area contributed by atoms with Gasteiger partial charge in [0, 0.05) is 6.07 Å². The maximum atomic E-state index is 10.8. The number of carbonyl (C=O) groups is 1. The van der Waals surface area contributed by atoms with Gasteiger partial charge in [0.05, 0.1) is 5.69 Å². The predicted molar refractivity (Wildman–Crippen MR) is 78.4 cm³/mol. The predicted octanol–water partition coefficient (Wildman–Crippen LogP) is 0.710. The van der Waals surface area contributed by atoms with Crippen molar-refractivity contribution in [3.8, 4) is 5.75 Å². The lowest BCUT2D eigenvalue weighted by Crippen LogP contribution is -2.34. The minimum Gasteiger partial charge on any atom is -0.507 e. The topological polar surface area (TPSA) is 158 Å². The molecule has 1 unspecified atom stereocenters. The number of azo groups is 1. The van der Waals surface area contributed by atoms with Gasteiger partial charge in [0.2, 0.25) is 0 Å². The Hall–Kier alpha value is -3.43. The molecule has 0 fully saturated rings. The molecule has 2 aliphatic heterocycles. The van der Waals surface area contributed by atoms with Crippen LogP contribution in [0.25, 0.3) is 0 Å². The highest BCUT2D eigenvalue weighted by Gasteiger charge is 2.27. The number of aromatic hydroxyl groups is 1. The average Bonchev–Trinajstić information content (AvgIpc) is 2.89. The third kappa shape index (κ3) is 2.44. The monoisotopic (exact) mass is 299 g/mol. The molecular formula is C12H9N7O3. The molecule has 10 nitrogen and oxygen atoms in total. The number of aromatic carboxylic acids is 1. The van der Waals surface area contributed by atoms with Crippen LogP contribution in [-0.2, 0) is 0 Å². The van der Waals surface area contributed by atoms with Gasteiger partial charge in [-0.05, 0) is 12.1 Å². The summed E-state index contributed by atoms with van der Waals surface area (Å²) in [6.07, 6.45) is 1.28. The Kier molecular flexibility index (Phi) is 3.18. The average molecular weight is 299 g/mol. The summed E-state index contributed by atoms with van der Waals surface area (Å²) in [6.45, 7) is 0. The zero-order valence-corrected chi connectivity index (χ0v) is 11.0. The summed E-state index contributed by atoms with van der Waals surface area (Å²) in [7, 11) is 0. The quantitative estimate of drug-likeness (QED) is 0.687. The van der Waals surface area contributed by atoms with Gasteiger partial charge in [-0.15, -0.1) is 10.2 Å². The molecule has 0 spiro atoms. The van der Waals surface area contributed by atoms with Crippen LogP contribution in [0.5, 0.6) is 5.75 Å². The summed E-state index contributed by atoms with van der Waals surface area (Å²) >= 11 is 0. The van der Waals surface area contributed by atoms with Gasteiger partial charge < -0.3 is 15.9 Å². The van der Waals surface area contributed by atoms with Crippen molar-refractivity contribution >= 4 is 35.6 Å². The lowest BCUT2D eigenvalue weighted by molar-refractivity contribution is 0.0694. The number of hydrogen-bond donors (Lipinski definition) is 3. The van der Waals surface area contributed by atoms with Crippen LogP contribution in [0.4, 0.5) is 5.69 Å². The first kappa shape index (κ1) is 13.5. The Balaban J connectivity index is 1.81. The van der Waals surface area contributed by atoms with Crippen LogP contribution in [0.1, 0.15) is 10.4 Å². The van der Waals surface area contributed by atoms with Crippen LogP contribution in [0.15, 0.2) is 48.4 Å². The lowest BCUT2D eigenvalue weighted by atomic mass is 10.2. The smallest absolute Gasteiger partial charge is 0.339 e. The van der Waals surface area contributed by atoms with Gasteiger partial charge >= 0.3 is 5.97 Å². The van der Waals surface area contributed by atoms with E-state index in [1.807, 2.05) is 0 Å². The minimum atomic E-state index is -1.23. The summed E-state index contributed by atoms with van der Waals surface area (Å²) < 4.78 is 0. The largest absolute Gasteiger partial charge is 0.507 e. The van der Waals surface area contributed by atoms with E-state index in [0.29, 0.717) is 5.84 Å². The number of nitrogens with two attached hydrogens (primary N) is 1. The standard InChI is InChI=1S/C12H9N7O3/c13-9-8-10(15-4-14-9)17-12(16-8)19-18-5-1-2-6(11(21)22)7(20)3-5/h1-4,8,20H,(H,21,22)(H2,13,14,15,16,17). The molecule has 0 aromatic heterocycles. The van der Waals surface area contributed by atoms with Crippen LogP contribution in [0.2, 0.25) is 0 Å². The van der Waals surface area contributed by atoms with Gasteiger partial charge in [-0.25, -0.2) is 19.8 Å². The number of guanidine groups is 1. The van der Waals surface area contributed by atoms with E-state index in [1.165, 1.54) is 24.5 Å². The SMILES string of the molecule is NC1=NC=NC2=NC(N=Nc3ccc(C(=O)O)c(O)c3)=NC12. The second-order valence-corrected chi connectivity index (χ2v) is 4.31. The summed E-state index contributed by atoms with van der Waals surface area (Å²) in [5, 5.41) is 26.0. The number of rotatable bonds is 2. The summed E-state index contributed by atoms with van der Waals surface area (Å²) in [6, 6.07) is 3.25. The Morgan fingerprint density at radius 2 is 2.14 bits per heavy atom. The molecule has 0 saturated carbocycles. The van der Waals surface area contributed by atoms with Crippen LogP contribution >= 0.6 is 0 Å². The molecule has 22 heavy (non-hydrogen) atoms. The summed E-state index contributed by atoms with van der Waals surface area (Å²) in [5.74, 6) is -0.922. The number of hydrogen-bond acceptors (Lipinski definition) is 9. The van der Waals surface area contributed by atoms with Crippen molar-refractivity contribution in [1.82, 2.24) is 0 Å². The molecular weight excluding hydrogens is 290 g/mol. The van der Waals surface area contributed by atoms with E-state index < -0.39 is 17.8 Å². The van der Waals surface area contributed by atoms with E-state index in [2.05, 4.69) is 30.2 Å². The van der Waals surface area contributed by atoms with Crippen molar-refractivity contribution in [1.29, 1.82) is 0 Å². The Bertz CT molecular complexity index is 807. The zero-order valence-electron chi connectivity index (χ0n) is 11.0. The van der Waals surface area contributed by atoms with Crippen molar-refractivity contribution in [3.63, 3.8) is 0 Å². The van der Waals surface area contributed by atoms with E-state index in [1.54, 1.807) is 0 Å². The summed E-state index contributed by atoms with van der Waals surface area (Å²) in [4.78, 5) is 26.7. The van der Waals surface area contributed by atoms with Crippen LogP contribution in [0, 0.1) is 0 Å². The number of carboxylic acid groups (broad SMARTS) is 1. The van der Waals surface area contributed by atoms with Crippen molar-refractivity contribution in [2.24, 2.45) is 35.9 Å². The number of nitrogens with zero attached hydrogens (tertiary/aromatic N) is 6. The molecule has 1 aromatic carbocycles. The first-order valence-corrected chi connectivity index (χ1v) is 6.05. The molecule has 110 valence electrons. The van der Waals surface area contributed by atoms with E-state index >= 15 is 0 Å². The second kappa shape index (κ2) is 5.16. The van der Waals surface area contributed by atoms with Crippen molar-refractivity contribution in [2.75, 3.05) is 0 Å². The third-order valence-corrected chi connectivity index (χ3v) is 2.85. The molecule has 10 heteroatoms. The zero-order chi connectivity index (χ0) is 15.7. The molecule has 4 N–H and O–H groups in total. The number of amidine groups is 2. The lowest BCUT2D eigenvalue weighted by Gasteiger charge is -2.07. The molecule has 2 heterocycles. The number of benzene rings is 1. The van der Waals surface area contributed by atoms with Gasteiger partial charge in [0.1, 0.15) is 23.5 Å².